The molecule has 0 aliphatic heterocycles. The lowest BCUT2D eigenvalue weighted by Crippen LogP contribution is -1.88. The molecule has 0 saturated carbocycles. The number of pyridine rings is 1. The summed E-state index contributed by atoms with van der Waals surface area (Å²) < 4.78 is 2.01. The number of hydrogen-bond donors (Lipinski definition) is 0. The van der Waals surface area contributed by atoms with Crippen LogP contribution in [0.15, 0.2) is 36.8 Å². The molecule has 3 rings (SSSR count). The Morgan fingerprint density at radius 3 is 3.07 bits per heavy atom. The van der Waals surface area contributed by atoms with Gasteiger partial charge in [-0.1, -0.05) is 11.6 Å². The van der Waals surface area contributed by atoms with Crippen LogP contribution in [0, 0.1) is 0 Å². The van der Waals surface area contributed by atoms with Gasteiger partial charge >= 0.3 is 0 Å². The van der Waals surface area contributed by atoms with E-state index in [9.17, 15) is 0 Å². The highest BCUT2D eigenvalue weighted by Gasteiger charge is 2.04. The van der Waals surface area contributed by atoms with E-state index in [-0.39, 0.29) is 0 Å². The van der Waals surface area contributed by atoms with Gasteiger partial charge in [-0.15, -0.1) is 0 Å². The summed E-state index contributed by atoms with van der Waals surface area (Å²) in [6, 6.07) is 5.89. The normalized spacial score (nSPS) is 11.2. The number of rotatable bonds is 0. The van der Waals surface area contributed by atoms with E-state index in [0.717, 1.165) is 16.4 Å². The lowest BCUT2D eigenvalue weighted by atomic mass is 10.2. The quantitative estimate of drug-likeness (QED) is 0.562. The molecule has 0 amide bonds. The highest BCUT2D eigenvalue weighted by Crippen LogP contribution is 2.25. The van der Waals surface area contributed by atoms with Crippen LogP contribution >= 0.6 is 11.6 Å². The maximum atomic E-state index is 6.08. The number of aromatic nitrogens is 3. The zero-order chi connectivity index (χ0) is 9.54. The summed E-state index contributed by atoms with van der Waals surface area (Å²) in [5.74, 6) is 0. The van der Waals surface area contributed by atoms with Crippen molar-refractivity contribution in [1.82, 2.24) is 14.6 Å². The van der Waals surface area contributed by atoms with Gasteiger partial charge in [-0.2, -0.15) is 10.2 Å². The topological polar surface area (TPSA) is 30.2 Å². The van der Waals surface area contributed by atoms with Crippen LogP contribution in [-0.4, -0.2) is 14.6 Å². The van der Waals surface area contributed by atoms with Gasteiger partial charge in [0.1, 0.15) is 0 Å². The molecule has 4 heteroatoms. The highest BCUT2D eigenvalue weighted by atomic mass is 35.5. The third kappa shape index (κ3) is 0.930. The molecule has 0 aliphatic carbocycles. The van der Waals surface area contributed by atoms with Gasteiger partial charge in [0.05, 0.1) is 22.3 Å². The Labute approximate surface area is 84.9 Å². The van der Waals surface area contributed by atoms with Crippen molar-refractivity contribution in [1.29, 1.82) is 0 Å². The van der Waals surface area contributed by atoms with Crippen molar-refractivity contribution in [2.45, 2.75) is 0 Å². The fourth-order valence-electron chi connectivity index (χ4n) is 1.64. The van der Waals surface area contributed by atoms with Crippen LogP contribution in [0.4, 0.5) is 0 Å². The van der Waals surface area contributed by atoms with Crippen molar-refractivity contribution in [2.24, 2.45) is 0 Å². The van der Waals surface area contributed by atoms with Crippen LogP contribution in [0.2, 0.25) is 5.02 Å². The molecule has 0 N–H and O–H groups in total. The first kappa shape index (κ1) is 7.76. The maximum Gasteiger partial charge on any atom is 0.0980 e. The van der Waals surface area contributed by atoms with Crippen molar-refractivity contribution in [3.05, 3.63) is 41.8 Å². The van der Waals surface area contributed by atoms with E-state index in [2.05, 4.69) is 10.2 Å². The van der Waals surface area contributed by atoms with Crippen molar-refractivity contribution in [3.63, 3.8) is 0 Å². The summed E-state index contributed by atoms with van der Waals surface area (Å²) in [6.07, 6.45) is 5.49. The Hall–Kier alpha value is -1.61. The van der Waals surface area contributed by atoms with Crippen LogP contribution in [0.3, 0.4) is 0 Å². The molecule has 3 aromatic heterocycles. The van der Waals surface area contributed by atoms with Crippen LogP contribution in [0.1, 0.15) is 0 Å². The first-order valence-electron chi connectivity index (χ1n) is 4.23. The Kier molecular flexibility index (Phi) is 1.49. The predicted octanol–water partition coefficient (Wildman–Crippen LogP) is 2.54. The Balaban J connectivity index is 2.67. The summed E-state index contributed by atoms with van der Waals surface area (Å²) in [5, 5.41) is 9.43. The van der Waals surface area contributed by atoms with E-state index >= 15 is 0 Å². The second-order valence-electron chi connectivity index (χ2n) is 3.07. The van der Waals surface area contributed by atoms with Crippen molar-refractivity contribution in [2.75, 3.05) is 0 Å². The van der Waals surface area contributed by atoms with Gasteiger partial charge in [0.25, 0.3) is 0 Å². The van der Waals surface area contributed by atoms with E-state index in [1.54, 1.807) is 6.20 Å². The van der Waals surface area contributed by atoms with Gasteiger partial charge in [0.2, 0.25) is 0 Å². The maximum absolute atomic E-state index is 6.08. The second-order valence-corrected chi connectivity index (χ2v) is 3.48. The molecule has 0 spiro atoms. The van der Waals surface area contributed by atoms with E-state index < -0.39 is 0 Å². The van der Waals surface area contributed by atoms with Gasteiger partial charge in [-0.05, 0) is 18.2 Å². The van der Waals surface area contributed by atoms with Gasteiger partial charge < -0.3 is 4.40 Å². The smallest absolute Gasteiger partial charge is 0.0980 e. The number of hydrogen-bond acceptors (Lipinski definition) is 2. The number of halogens is 1. The first-order chi connectivity index (χ1) is 6.86. The van der Waals surface area contributed by atoms with E-state index in [0.29, 0.717) is 5.02 Å². The molecule has 0 fully saturated rings. The molecule has 0 unspecified atom stereocenters. The summed E-state index contributed by atoms with van der Waals surface area (Å²) in [6.45, 7) is 0. The molecule has 68 valence electrons. The second kappa shape index (κ2) is 2.69. The third-order valence-electron chi connectivity index (χ3n) is 2.26. The number of fused-ring (bicyclic) bond motifs is 3. The van der Waals surface area contributed by atoms with E-state index in [1.807, 2.05) is 35.0 Å². The minimum Gasteiger partial charge on any atom is -0.323 e. The Morgan fingerprint density at radius 1 is 1.21 bits per heavy atom. The zero-order valence-corrected chi connectivity index (χ0v) is 7.94. The Bertz CT molecular complexity index is 615. The average Bonchev–Trinajstić information content (AvgIpc) is 2.65. The molecule has 0 aliphatic rings. The van der Waals surface area contributed by atoms with Gasteiger partial charge in [0.15, 0.2) is 0 Å². The first-order valence-corrected chi connectivity index (χ1v) is 4.60. The standard InChI is InChI=1S/C10H6ClN3/c11-7-6-12-13-8-3-5-14-4-1-2-9(14)10(7)8/h1-6H. The fourth-order valence-corrected chi connectivity index (χ4v) is 1.87. The summed E-state index contributed by atoms with van der Waals surface area (Å²) in [7, 11) is 0. The van der Waals surface area contributed by atoms with E-state index in [4.69, 9.17) is 11.6 Å². The largest absolute Gasteiger partial charge is 0.323 e. The lowest BCUT2D eigenvalue weighted by molar-refractivity contribution is 1.07. The molecule has 14 heavy (non-hydrogen) atoms. The summed E-state index contributed by atoms with van der Waals surface area (Å²) in [5.41, 5.74) is 1.88. The van der Waals surface area contributed by atoms with Crippen molar-refractivity contribution in [3.8, 4) is 0 Å². The molecular weight excluding hydrogens is 198 g/mol. The summed E-state index contributed by atoms with van der Waals surface area (Å²) >= 11 is 6.08. The van der Waals surface area contributed by atoms with Crippen LogP contribution < -0.4 is 0 Å². The molecule has 0 saturated heterocycles. The highest BCUT2D eigenvalue weighted by molar-refractivity contribution is 6.36. The van der Waals surface area contributed by atoms with Crippen LogP contribution in [0.25, 0.3) is 16.4 Å². The monoisotopic (exact) mass is 203 g/mol. The minimum absolute atomic E-state index is 0.638. The van der Waals surface area contributed by atoms with Crippen molar-refractivity contribution < 1.29 is 0 Å². The molecule has 0 atom stereocenters. The summed E-state index contributed by atoms with van der Waals surface area (Å²) in [4.78, 5) is 0. The molecule has 3 aromatic rings. The Morgan fingerprint density at radius 2 is 2.14 bits per heavy atom. The van der Waals surface area contributed by atoms with Gasteiger partial charge in [-0.3, -0.25) is 0 Å². The lowest BCUT2D eigenvalue weighted by Gasteiger charge is -2.01. The fraction of sp³-hybridized carbons (Fsp3) is 0. The minimum atomic E-state index is 0.638. The SMILES string of the molecule is Clc1cnnc2ccn3cccc3c12. The molecule has 3 nitrogen and oxygen atoms in total. The third-order valence-corrected chi connectivity index (χ3v) is 2.55. The zero-order valence-electron chi connectivity index (χ0n) is 7.18. The molecular formula is C10H6ClN3. The molecule has 3 heterocycles. The van der Waals surface area contributed by atoms with Crippen LogP contribution in [-0.2, 0) is 0 Å². The molecule has 0 bridgehead atoms. The van der Waals surface area contributed by atoms with Crippen LogP contribution in [0.5, 0.6) is 0 Å². The molecule has 0 aromatic carbocycles. The van der Waals surface area contributed by atoms with Gasteiger partial charge in [-0.25, -0.2) is 0 Å². The number of nitrogens with zero attached hydrogens (tertiary/aromatic N) is 3. The van der Waals surface area contributed by atoms with Crippen molar-refractivity contribution >= 4 is 28.0 Å². The molecule has 0 radical (unpaired) electrons. The average molecular weight is 204 g/mol. The van der Waals surface area contributed by atoms with E-state index in [1.165, 1.54) is 0 Å². The van der Waals surface area contributed by atoms with Gasteiger partial charge in [0, 0.05) is 17.8 Å². The predicted molar refractivity (Wildman–Crippen MR) is 55.5 cm³/mol.